The van der Waals surface area contributed by atoms with Gasteiger partial charge in [0, 0.05) is 5.56 Å². The normalized spacial score (nSPS) is 11.4. The monoisotopic (exact) mass is 239 g/mol. The van der Waals surface area contributed by atoms with Crippen LogP contribution in [0.5, 0.6) is 0 Å². The van der Waals surface area contributed by atoms with Gasteiger partial charge in [-0.1, -0.05) is 13.8 Å². The third kappa shape index (κ3) is 2.83. The van der Waals surface area contributed by atoms with E-state index in [1.807, 2.05) is 20.8 Å². The zero-order chi connectivity index (χ0) is 12.9. The Labute approximate surface area is 102 Å². The fourth-order valence-corrected chi connectivity index (χ4v) is 1.66. The quantitative estimate of drug-likeness (QED) is 0.437. The molecule has 0 aliphatic rings. The molecule has 0 atom stereocenters. The Balaban J connectivity index is 3.01. The van der Waals surface area contributed by atoms with Crippen molar-refractivity contribution in [2.24, 2.45) is 5.84 Å². The number of hydrazine groups is 1. The topological polar surface area (TPSA) is 96.1 Å². The molecule has 6 nitrogen and oxygen atoms in total. The van der Waals surface area contributed by atoms with Crippen molar-refractivity contribution in [3.63, 3.8) is 0 Å². The number of aliphatic hydroxyl groups is 1. The minimum absolute atomic E-state index is 0.0643. The maximum atomic E-state index is 9.51. The molecule has 0 aliphatic carbocycles. The van der Waals surface area contributed by atoms with E-state index in [0.717, 1.165) is 18.4 Å². The van der Waals surface area contributed by atoms with Crippen molar-refractivity contribution < 1.29 is 5.11 Å². The van der Waals surface area contributed by atoms with Crippen LogP contribution in [-0.4, -0.2) is 27.2 Å². The van der Waals surface area contributed by atoms with Gasteiger partial charge in [0.2, 0.25) is 0 Å². The molecule has 1 heterocycles. The first-order valence-electron chi connectivity index (χ1n) is 5.79. The highest BCUT2D eigenvalue weighted by molar-refractivity contribution is 5.56. The molecular weight excluding hydrogens is 218 g/mol. The Morgan fingerprint density at radius 1 is 1.29 bits per heavy atom. The van der Waals surface area contributed by atoms with E-state index in [4.69, 9.17) is 5.84 Å². The average Bonchev–Trinajstić information content (AvgIpc) is 2.38. The summed E-state index contributed by atoms with van der Waals surface area (Å²) >= 11 is 0. The lowest BCUT2D eigenvalue weighted by Gasteiger charge is -2.32. The number of hydrogen-bond acceptors (Lipinski definition) is 6. The highest BCUT2D eigenvalue weighted by Crippen LogP contribution is 2.24. The molecule has 5 N–H and O–H groups in total. The molecule has 0 bridgehead atoms. The minimum Gasteiger partial charge on any atom is -0.394 e. The molecule has 0 saturated heterocycles. The second-order valence-electron chi connectivity index (χ2n) is 4.11. The molecule has 0 aliphatic heterocycles. The van der Waals surface area contributed by atoms with Gasteiger partial charge in [0.1, 0.15) is 18.0 Å². The average molecular weight is 239 g/mol. The van der Waals surface area contributed by atoms with Crippen molar-refractivity contribution in [2.45, 2.75) is 39.2 Å². The van der Waals surface area contributed by atoms with Crippen LogP contribution in [0.3, 0.4) is 0 Å². The minimum atomic E-state index is -0.342. The predicted molar refractivity (Wildman–Crippen MR) is 68.6 cm³/mol. The SMILES string of the molecule is CCC(CC)(CO)Nc1ncnc(NN)c1C. The Morgan fingerprint density at radius 2 is 1.88 bits per heavy atom. The van der Waals surface area contributed by atoms with Gasteiger partial charge < -0.3 is 15.8 Å². The van der Waals surface area contributed by atoms with Crippen molar-refractivity contribution in [3.8, 4) is 0 Å². The molecule has 96 valence electrons. The van der Waals surface area contributed by atoms with E-state index in [-0.39, 0.29) is 12.1 Å². The second-order valence-corrected chi connectivity index (χ2v) is 4.11. The van der Waals surface area contributed by atoms with E-state index in [0.29, 0.717) is 11.6 Å². The number of aliphatic hydroxyl groups excluding tert-OH is 1. The molecule has 0 fully saturated rings. The Morgan fingerprint density at radius 3 is 2.35 bits per heavy atom. The van der Waals surface area contributed by atoms with Gasteiger partial charge in [-0.2, -0.15) is 0 Å². The molecule has 0 saturated carbocycles. The smallest absolute Gasteiger partial charge is 0.148 e. The van der Waals surface area contributed by atoms with Crippen LogP contribution in [0.15, 0.2) is 6.33 Å². The lowest BCUT2D eigenvalue weighted by atomic mass is 9.93. The summed E-state index contributed by atoms with van der Waals surface area (Å²) in [5.41, 5.74) is 3.02. The maximum absolute atomic E-state index is 9.51. The summed E-state index contributed by atoms with van der Waals surface area (Å²) in [7, 11) is 0. The molecule has 1 rings (SSSR count). The molecule has 6 heteroatoms. The van der Waals surface area contributed by atoms with Crippen LogP contribution in [0, 0.1) is 6.92 Å². The van der Waals surface area contributed by atoms with Crippen molar-refractivity contribution in [2.75, 3.05) is 17.3 Å². The van der Waals surface area contributed by atoms with Crippen molar-refractivity contribution in [1.29, 1.82) is 0 Å². The van der Waals surface area contributed by atoms with E-state index in [1.165, 1.54) is 6.33 Å². The molecule has 1 aromatic rings. The van der Waals surface area contributed by atoms with Gasteiger partial charge in [-0.3, -0.25) is 0 Å². The van der Waals surface area contributed by atoms with Crippen LogP contribution >= 0.6 is 0 Å². The van der Waals surface area contributed by atoms with Gasteiger partial charge in [-0.15, -0.1) is 0 Å². The van der Waals surface area contributed by atoms with E-state index >= 15 is 0 Å². The number of nitrogens with one attached hydrogen (secondary N) is 2. The second kappa shape index (κ2) is 5.79. The first-order chi connectivity index (χ1) is 8.12. The standard InChI is InChI=1S/C11H21N5O/c1-4-11(5-2,6-17)15-9-8(3)10(16-12)14-7-13-9/h7,17H,4-6,12H2,1-3H3,(H2,13,14,15,16). The highest BCUT2D eigenvalue weighted by Gasteiger charge is 2.26. The van der Waals surface area contributed by atoms with Gasteiger partial charge in [0.15, 0.2) is 0 Å². The largest absolute Gasteiger partial charge is 0.394 e. The van der Waals surface area contributed by atoms with Gasteiger partial charge in [0.25, 0.3) is 0 Å². The first kappa shape index (κ1) is 13.7. The fraction of sp³-hybridized carbons (Fsp3) is 0.636. The molecule has 0 radical (unpaired) electrons. The van der Waals surface area contributed by atoms with Crippen LogP contribution in [-0.2, 0) is 0 Å². The summed E-state index contributed by atoms with van der Waals surface area (Å²) in [6.45, 7) is 6.01. The molecule has 0 unspecified atom stereocenters. The predicted octanol–water partition coefficient (Wildman–Crippen LogP) is 1.03. The van der Waals surface area contributed by atoms with E-state index < -0.39 is 0 Å². The summed E-state index contributed by atoms with van der Waals surface area (Å²) in [6, 6.07) is 0. The third-order valence-corrected chi connectivity index (χ3v) is 3.26. The number of nitrogen functional groups attached to an aromatic ring is 1. The number of hydrogen-bond donors (Lipinski definition) is 4. The van der Waals surface area contributed by atoms with Crippen molar-refractivity contribution in [3.05, 3.63) is 11.9 Å². The van der Waals surface area contributed by atoms with Gasteiger partial charge in [-0.25, -0.2) is 15.8 Å². The molecule has 1 aromatic heterocycles. The number of nitrogens with zero attached hydrogens (tertiary/aromatic N) is 2. The highest BCUT2D eigenvalue weighted by atomic mass is 16.3. The molecule has 17 heavy (non-hydrogen) atoms. The number of anilines is 2. The Hall–Kier alpha value is -1.40. The summed E-state index contributed by atoms with van der Waals surface area (Å²) in [6.07, 6.45) is 3.07. The van der Waals surface area contributed by atoms with Crippen LogP contribution in [0.1, 0.15) is 32.3 Å². The van der Waals surface area contributed by atoms with Gasteiger partial charge >= 0.3 is 0 Å². The number of rotatable bonds is 6. The lowest BCUT2D eigenvalue weighted by Crippen LogP contribution is -2.41. The van der Waals surface area contributed by atoms with Crippen LogP contribution in [0.4, 0.5) is 11.6 Å². The van der Waals surface area contributed by atoms with Crippen LogP contribution < -0.4 is 16.6 Å². The van der Waals surface area contributed by atoms with Crippen LogP contribution in [0.25, 0.3) is 0 Å². The fourth-order valence-electron chi connectivity index (χ4n) is 1.66. The Kier molecular flexibility index (Phi) is 4.65. The number of nitrogens with two attached hydrogens (primary N) is 1. The van der Waals surface area contributed by atoms with Crippen LogP contribution in [0.2, 0.25) is 0 Å². The molecule has 0 amide bonds. The zero-order valence-electron chi connectivity index (χ0n) is 10.6. The van der Waals surface area contributed by atoms with Crippen molar-refractivity contribution in [1.82, 2.24) is 9.97 Å². The number of aromatic nitrogens is 2. The van der Waals surface area contributed by atoms with E-state index in [9.17, 15) is 5.11 Å². The zero-order valence-corrected chi connectivity index (χ0v) is 10.6. The molecular formula is C11H21N5O. The molecule has 0 spiro atoms. The van der Waals surface area contributed by atoms with Gasteiger partial charge in [-0.05, 0) is 19.8 Å². The summed E-state index contributed by atoms with van der Waals surface area (Å²) < 4.78 is 0. The van der Waals surface area contributed by atoms with Crippen molar-refractivity contribution >= 4 is 11.6 Å². The molecule has 0 aromatic carbocycles. The third-order valence-electron chi connectivity index (χ3n) is 3.26. The summed E-state index contributed by atoms with van der Waals surface area (Å²) in [5, 5.41) is 12.8. The van der Waals surface area contributed by atoms with E-state index in [1.54, 1.807) is 0 Å². The Bertz CT molecular complexity index is 357. The first-order valence-corrected chi connectivity index (χ1v) is 5.79. The lowest BCUT2D eigenvalue weighted by molar-refractivity contribution is 0.202. The van der Waals surface area contributed by atoms with E-state index in [2.05, 4.69) is 20.7 Å². The summed E-state index contributed by atoms with van der Waals surface area (Å²) in [5.74, 6) is 6.65. The summed E-state index contributed by atoms with van der Waals surface area (Å²) in [4.78, 5) is 8.20. The maximum Gasteiger partial charge on any atom is 0.148 e. The van der Waals surface area contributed by atoms with Gasteiger partial charge in [0.05, 0.1) is 12.1 Å².